The molecule has 0 aliphatic carbocycles. The van der Waals surface area contributed by atoms with E-state index in [2.05, 4.69) is 10.3 Å². The summed E-state index contributed by atoms with van der Waals surface area (Å²) < 4.78 is 39.8. The lowest BCUT2D eigenvalue weighted by Crippen LogP contribution is -2.44. The third-order valence-corrected chi connectivity index (χ3v) is 3.05. The van der Waals surface area contributed by atoms with Gasteiger partial charge in [0.1, 0.15) is 0 Å². The van der Waals surface area contributed by atoms with E-state index in [0.29, 0.717) is 18.8 Å². The first-order valence-corrected chi connectivity index (χ1v) is 5.31. The quantitative estimate of drug-likeness (QED) is 0.789. The maximum atomic E-state index is 12.8. The molecule has 2 heterocycles. The molecule has 1 aliphatic heterocycles. The van der Waals surface area contributed by atoms with E-state index in [4.69, 9.17) is 0 Å². The molecule has 96 valence electrons. The average molecular weight is 249 g/mol. The van der Waals surface area contributed by atoms with Crippen LogP contribution in [0.1, 0.15) is 31.4 Å². The number of nitrogens with one attached hydrogen (secondary N) is 1. The van der Waals surface area contributed by atoms with Crippen molar-refractivity contribution in [2.24, 2.45) is 0 Å². The number of nitrogens with zero attached hydrogens (tertiary/aromatic N) is 2. The predicted molar refractivity (Wildman–Crippen MR) is 54.3 cm³/mol. The van der Waals surface area contributed by atoms with E-state index in [9.17, 15) is 18.3 Å². The molecule has 2 atom stereocenters. The molecule has 4 nitrogen and oxygen atoms in total. The van der Waals surface area contributed by atoms with Crippen LogP contribution in [0.5, 0.6) is 0 Å². The van der Waals surface area contributed by atoms with Crippen LogP contribution in [0.25, 0.3) is 0 Å². The fourth-order valence-electron chi connectivity index (χ4n) is 2.01. The Kier molecular flexibility index (Phi) is 2.70. The Morgan fingerprint density at radius 2 is 2.18 bits per heavy atom. The number of hydrogen-bond donors (Lipinski definition) is 2. The van der Waals surface area contributed by atoms with Crippen LogP contribution in [0.15, 0.2) is 6.20 Å². The Morgan fingerprint density at radius 1 is 1.53 bits per heavy atom. The van der Waals surface area contributed by atoms with Gasteiger partial charge in [0.05, 0.1) is 5.69 Å². The van der Waals surface area contributed by atoms with E-state index in [1.807, 2.05) is 0 Å². The molecule has 2 unspecified atom stereocenters. The second-order valence-electron chi connectivity index (χ2n) is 4.49. The average Bonchev–Trinajstić information content (AvgIpc) is 2.61. The first kappa shape index (κ1) is 12.4. The van der Waals surface area contributed by atoms with Gasteiger partial charge in [0, 0.05) is 25.3 Å². The summed E-state index contributed by atoms with van der Waals surface area (Å²) in [5.41, 5.74) is -2.26. The molecule has 0 spiro atoms. The van der Waals surface area contributed by atoms with Gasteiger partial charge in [-0.1, -0.05) is 0 Å². The van der Waals surface area contributed by atoms with Crippen molar-refractivity contribution in [3.05, 3.63) is 17.7 Å². The lowest BCUT2D eigenvalue weighted by molar-refractivity contribution is -0.263. The van der Waals surface area contributed by atoms with Crippen molar-refractivity contribution in [3.8, 4) is 0 Å². The van der Waals surface area contributed by atoms with Crippen molar-refractivity contribution in [1.29, 1.82) is 0 Å². The van der Waals surface area contributed by atoms with Crippen LogP contribution in [0, 0.1) is 0 Å². The topological polar surface area (TPSA) is 50.1 Å². The largest absolute Gasteiger partial charge is 0.424 e. The van der Waals surface area contributed by atoms with E-state index < -0.39 is 11.8 Å². The summed E-state index contributed by atoms with van der Waals surface area (Å²) in [6, 6.07) is -0.162. The highest BCUT2D eigenvalue weighted by Crippen LogP contribution is 2.39. The molecular formula is C10H14F3N3O. The molecule has 2 N–H and O–H groups in total. The fourth-order valence-corrected chi connectivity index (χ4v) is 2.01. The van der Waals surface area contributed by atoms with Gasteiger partial charge < -0.3 is 15.0 Å². The minimum absolute atomic E-state index is 0.162. The van der Waals surface area contributed by atoms with Gasteiger partial charge in [-0.15, -0.1) is 0 Å². The third kappa shape index (κ3) is 1.83. The summed E-state index contributed by atoms with van der Waals surface area (Å²) in [7, 11) is 0. The van der Waals surface area contributed by atoms with Gasteiger partial charge in [0.15, 0.2) is 5.82 Å². The minimum atomic E-state index is -4.74. The highest BCUT2D eigenvalue weighted by molar-refractivity contribution is 5.16. The highest BCUT2D eigenvalue weighted by atomic mass is 19.4. The number of imidazole rings is 1. The first-order chi connectivity index (χ1) is 7.75. The molecule has 17 heavy (non-hydrogen) atoms. The van der Waals surface area contributed by atoms with Crippen LogP contribution in [-0.2, 0) is 12.1 Å². The second kappa shape index (κ2) is 3.71. The van der Waals surface area contributed by atoms with E-state index in [1.54, 1.807) is 6.92 Å². The predicted octanol–water partition coefficient (Wildman–Crippen LogP) is 1.32. The molecule has 0 radical (unpaired) electrons. The summed E-state index contributed by atoms with van der Waals surface area (Å²) >= 11 is 0. The lowest BCUT2D eigenvalue weighted by Gasteiger charge is -2.31. The SMILES string of the molecule is CC1CNCc2cnc(C(C)(O)C(F)(F)F)n21. The summed E-state index contributed by atoms with van der Waals surface area (Å²) in [6.07, 6.45) is -3.36. The number of halogens is 3. The number of fused-ring (bicyclic) bond motifs is 1. The van der Waals surface area contributed by atoms with Gasteiger partial charge in [-0.3, -0.25) is 0 Å². The van der Waals surface area contributed by atoms with Gasteiger partial charge in [0.2, 0.25) is 5.60 Å². The van der Waals surface area contributed by atoms with Crippen LogP contribution in [0.3, 0.4) is 0 Å². The normalized spacial score (nSPS) is 24.2. The summed E-state index contributed by atoms with van der Waals surface area (Å²) in [5, 5.41) is 12.7. The summed E-state index contributed by atoms with van der Waals surface area (Å²) in [4.78, 5) is 3.74. The van der Waals surface area contributed by atoms with Crippen molar-refractivity contribution >= 4 is 0 Å². The first-order valence-electron chi connectivity index (χ1n) is 5.31. The molecule has 0 fully saturated rings. The standard InChI is InChI=1S/C10H14F3N3O/c1-6-3-14-4-7-5-15-8(16(6)7)9(2,17)10(11,12)13/h5-6,14,17H,3-4H2,1-2H3. The van der Waals surface area contributed by atoms with Crippen LogP contribution < -0.4 is 5.32 Å². The summed E-state index contributed by atoms with van der Waals surface area (Å²) in [5.74, 6) is -0.339. The van der Waals surface area contributed by atoms with Gasteiger partial charge in [0.25, 0.3) is 0 Å². The molecule has 1 aromatic rings. The molecule has 0 bridgehead atoms. The highest BCUT2D eigenvalue weighted by Gasteiger charge is 2.54. The minimum Gasteiger partial charge on any atom is -0.374 e. The van der Waals surface area contributed by atoms with Crippen LogP contribution in [0.2, 0.25) is 0 Å². The summed E-state index contributed by atoms with van der Waals surface area (Å²) in [6.45, 7) is 3.54. The molecule has 0 aromatic carbocycles. The Hall–Kier alpha value is -1.08. The van der Waals surface area contributed by atoms with Crippen molar-refractivity contribution in [3.63, 3.8) is 0 Å². The van der Waals surface area contributed by atoms with E-state index >= 15 is 0 Å². The van der Waals surface area contributed by atoms with Crippen molar-refractivity contribution in [2.75, 3.05) is 6.54 Å². The zero-order valence-corrected chi connectivity index (χ0v) is 9.54. The number of alkyl halides is 3. The third-order valence-electron chi connectivity index (χ3n) is 3.05. The smallest absolute Gasteiger partial charge is 0.374 e. The van der Waals surface area contributed by atoms with Gasteiger partial charge in [-0.25, -0.2) is 4.98 Å². The zero-order valence-electron chi connectivity index (χ0n) is 9.54. The Balaban J connectivity index is 2.51. The Labute approximate surface area is 96.5 Å². The van der Waals surface area contributed by atoms with Crippen molar-refractivity contribution in [2.45, 2.75) is 38.2 Å². The van der Waals surface area contributed by atoms with Crippen molar-refractivity contribution < 1.29 is 18.3 Å². The van der Waals surface area contributed by atoms with E-state index in [1.165, 1.54) is 10.8 Å². The molecule has 7 heteroatoms. The maximum absolute atomic E-state index is 12.8. The number of aromatic nitrogens is 2. The lowest BCUT2D eigenvalue weighted by atomic mass is 10.0. The molecule has 2 rings (SSSR count). The molecule has 1 aliphatic rings. The van der Waals surface area contributed by atoms with Gasteiger partial charge >= 0.3 is 6.18 Å². The zero-order chi connectivity index (χ0) is 12.8. The Bertz CT molecular complexity index is 425. The molecule has 0 saturated heterocycles. The van der Waals surface area contributed by atoms with E-state index in [0.717, 1.165) is 6.92 Å². The monoisotopic (exact) mass is 249 g/mol. The van der Waals surface area contributed by atoms with Gasteiger partial charge in [-0.05, 0) is 13.8 Å². The number of hydrogen-bond acceptors (Lipinski definition) is 3. The maximum Gasteiger partial charge on any atom is 0.424 e. The molecule has 0 saturated carbocycles. The molecule has 1 aromatic heterocycles. The van der Waals surface area contributed by atoms with Crippen LogP contribution >= 0.6 is 0 Å². The van der Waals surface area contributed by atoms with E-state index in [-0.39, 0.29) is 11.9 Å². The number of rotatable bonds is 1. The van der Waals surface area contributed by atoms with Crippen LogP contribution in [-0.4, -0.2) is 27.4 Å². The molecular weight excluding hydrogens is 235 g/mol. The number of aliphatic hydroxyl groups is 1. The van der Waals surface area contributed by atoms with Crippen LogP contribution in [0.4, 0.5) is 13.2 Å². The van der Waals surface area contributed by atoms with Gasteiger partial charge in [-0.2, -0.15) is 13.2 Å². The fraction of sp³-hybridized carbons (Fsp3) is 0.700. The second-order valence-corrected chi connectivity index (χ2v) is 4.49. The Morgan fingerprint density at radius 3 is 2.76 bits per heavy atom. The van der Waals surface area contributed by atoms with Crippen molar-refractivity contribution in [1.82, 2.24) is 14.9 Å². The molecule has 0 amide bonds.